The van der Waals surface area contributed by atoms with Crippen molar-refractivity contribution in [3.63, 3.8) is 0 Å². The molecular formula is C15H20N2O6S2. The summed E-state index contributed by atoms with van der Waals surface area (Å²) in [5.41, 5.74) is 0. The van der Waals surface area contributed by atoms with Crippen molar-refractivity contribution in [2.45, 2.75) is 24.4 Å². The number of carbonyl (C=O) groups is 2. The first-order valence-corrected chi connectivity index (χ1v) is 10.6. The van der Waals surface area contributed by atoms with Gasteiger partial charge in [-0.05, 0) is 31.2 Å². The van der Waals surface area contributed by atoms with Gasteiger partial charge in [0.15, 0.2) is 22.6 Å². The minimum atomic E-state index is -3.10. The van der Waals surface area contributed by atoms with E-state index in [2.05, 4.69) is 0 Å². The lowest BCUT2D eigenvalue weighted by Crippen LogP contribution is -2.43. The normalized spacial score (nSPS) is 18.7. The van der Waals surface area contributed by atoms with E-state index >= 15 is 0 Å². The molecule has 0 bridgehead atoms. The minimum Gasteiger partial charge on any atom is -0.618 e. The van der Waals surface area contributed by atoms with Crippen molar-refractivity contribution >= 4 is 33.5 Å². The third-order valence-electron chi connectivity index (χ3n) is 3.79. The molecule has 0 radical (unpaired) electrons. The van der Waals surface area contributed by atoms with E-state index in [1.165, 1.54) is 11.1 Å². The van der Waals surface area contributed by atoms with Crippen molar-refractivity contribution in [2.75, 3.05) is 30.4 Å². The van der Waals surface area contributed by atoms with Crippen LogP contribution in [-0.2, 0) is 24.2 Å². The Morgan fingerprint density at radius 3 is 2.80 bits per heavy atom. The van der Waals surface area contributed by atoms with Gasteiger partial charge in [-0.3, -0.25) is 9.59 Å². The second-order valence-corrected chi connectivity index (χ2v) is 8.77. The van der Waals surface area contributed by atoms with Crippen molar-refractivity contribution in [1.29, 1.82) is 0 Å². The molecule has 2 heterocycles. The Labute approximate surface area is 150 Å². The lowest BCUT2D eigenvalue weighted by Gasteiger charge is -2.26. The van der Waals surface area contributed by atoms with E-state index in [1.807, 2.05) is 0 Å². The number of esters is 1. The summed E-state index contributed by atoms with van der Waals surface area (Å²) in [5, 5.41) is 11.8. The average Bonchev–Trinajstić information content (AvgIpc) is 2.92. The number of nitrogens with zero attached hydrogens (tertiary/aromatic N) is 2. The van der Waals surface area contributed by atoms with Gasteiger partial charge < -0.3 is 14.8 Å². The first kappa shape index (κ1) is 19.5. The Morgan fingerprint density at radius 2 is 2.20 bits per heavy atom. The summed E-state index contributed by atoms with van der Waals surface area (Å²) in [5.74, 6) is -1.10. The number of sulfone groups is 1. The monoisotopic (exact) mass is 388 g/mol. The Kier molecular flexibility index (Phi) is 6.65. The predicted molar refractivity (Wildman–Crippen MR) is 91.5 cm³/mol. The Morgan fingerprint density at radius 1 is 1.44 bits per heavy atom. The smallest absolute Gasteiger partial charge is 0.317 e. The average molecular weight is 388 g/mol. The first-order valence-electron chi connectivity index (χ1n) is 7.79. The molecule has 0 saturated carbocycles. The number of rotatable bonds is 7. The van der Waals surface area contributed by atoms with E-state index in [4.69, 9.17) is 4.74 Å². The molecule has 2 rings (SSSR count). The second-order valence-electron chi connectivity index (χ2n) is 5.55. The summed E-state index contributed by atoms with van der Waals surface area (Å²) in [6.07, 6.45) is 1.73. The molecule has 1 aliphatic rings. The molecule has 1 aromatic rings. The largest absolute Gasteiger partial charge is 0.618 e. The summed E-state index contributed by atoms with van der Waals surface area (Å²) in [6.45, 7) is 1.67. The van der Waals surface area contributed by atoms with E-state index in [0.717, 1.165) is 11.8 Å². The van der Waals surface area contributed by atoms with Gasteiger partial charge in [0.2, 0.25) is 0 Å². The van der Waals surface area contributed by atoms with E-state index in [9.17, 15) is 23.2 Å². The van der Waals surface area contributed by atoms with Gasteiger partial charge in [-0.1, -0.05) is 0 Å². The van der Waals surface area contributed by atoms with E-state index < -0.39 is 28.3 Å². The van der Waals surface area contributed by atoms with Crippen LogP contribution in [0.3, 0.4) is 0 Å². The molecular weight excluding hydrogens is 368 g/mol. The molecule has 1 amide bonds. The molecule has 1 saturated heterocycles. The first-order chi connectivity index (χ1) is 11.8. The maximum atomic E-state index is 12.2. The number of pyridine rings is 1. The van der Waals surface area contributed by atoms with Crippen LogP contribution in [0.15, 0.2) is 29.4 Å². The molecule has 1 aromatic heterocycles. The lowest BCUT2D eigenvalue weighted by atomic mass is 10.2. The summed E-state index contributed by atoms with van der Waals surface area (Å²) < 4.78 is 28.7. The number of hydrogen-bond donors (Lipinski definition) is 0. The molecule has 25 heavy (non-hydrogen) atoms. The fourth-order valence-corrected chi connectivity index (χ4v) is 5.03. The molecule has 0 spiro atoms. The molecule has 10 heteroatoms. The van der Waals surface area contributed by atoms with Crippen LogP contribution in [0.1, 0.15) is 13.3 Å². The highest BCUT2D eigenvalue weighted by molar-refractivity contribution is 7.99. The highest BCUT2D eigenvalue weighted by Crippen LogP contribution is 2.18. The number of hydrogen-bond acceptors (Lipinski definition) is 7. The summed E-state index contributed by atoms with van der Waals surface area (Å²) >= 11 is 1.02. The van der Waals surface area contributed by atoms with E-state index in [0.29, 0.717) is 22.7 Å². The van der Waals surface area contributed by atoms with Crippen LogP contribution >= 0.6 is 11.8 Å². The van der Waals surface area contributed by atoms with Crippen LogP contribution in [0.5, 0.6) is 0 Å². The van der Waals surface area contributed by atoms with Crippen molar-refractivity contribution in [1.82, 2.24) is 4.90 Å². The summed E-state index contributed by atoms with van der Waals surface area (Å²) in [6, 6.07) is 4.48. The second kappa shape index (κ2) is 8.52. The van der Waals surface area contributed by atoms with Crippen molar-refractivity contribution < 1.29 is 27.5 Å². The predicted octanol–water partition coefficient (Wildman–Crippen LogP) is -0.00910. The standard InChI is InChI=1S/C15H20N2O6S2/c1-2-16(12-6-8-25(21,22)11-12)13(18)9-23-15(19)10-24-14-5-3-4-7-17(14)20/h3-5,7,12H,2,6,8-11H2,1H3. The summed E-state index contributed by atoms with van der Waals surface area (Å²) in [4.78, 5) is 25.4. The van der Waals surface area contributed by atoms with Gasteiger partial charge in [0, 0.05) is 24.7 Å². The topological polar surface area (TPSA) is 108 Å². The Balaban J connectivity index is 1.80. The molecule has 8 nitrogen and oxygen atoms in total. The van der Waals surface area contributed by atoms with Gasteiger partial charge >= 0.3 is 5.97 Å². The molecule has 1 fully saturated rings. The maximum absolute atomic E-state index is 12.2. The van der Waals surface area contributed by atoms with Crippen molar-refractivity contribution in [3.8, 4) is 0 Å². The van der Waals surface area contributed by atoms with Gasteiger partial charge in [-0.15, -0.1) is 0 Å². The quantitative estimate of drug-likeness (QED) is 0.280. The highest BCUT2D eigenvalue weighted by Gasteiger charge is 2.34. The molecule has 0 aliphatic carbocycles. The molecule has 1 aliphatic heterocycles. The molecule has 0 aromatic carbocycles. The zero-order valence-electron chi connectivity index (χ0n) is 13.8. The Bertz CT molecular complexity index is 737. The van der Waals surface area contributed by atoms with Gasteiger partial charge in [0.1, 0.15) is 5.75 Å². The molecule has 1 unspecified atom stereocenters. The molecule has 0 N–H and O–H groups in total. The van der Waals surface area contributed by atoms with Gasteiger partial charge in [0.05, 0.1) is 11.5 Å². The SMILES string of the molecule is CCN(C(=O)COC(=O)CSc1cccc[n+]1[O-])C1CCS(=O)(=O)C1. The van der Waals surface area contributed by atoms with Crippen LogP contribution < -0.4 is 4.73 Å². The van der Waals surface area contributed by atoms with Crippen LogP contribution in [0.2, 0.25) is 0 Å². The summed E-state index contributed by atoms with van der Waals surface area (Å²) in [7, 11) is -3.10. The lowest BCUT2D eigenvalue weighted by molar-refractivity contribution is -0.645. The third kappa shape index (κ3) is 5.60. The van der Waals surface area contributed by atoms with Crippen LogP contribution in [0.25, 0.3) is 0 Å². The number of thioether (sulfide) groups is 1. The van der Waals surface area contributed by atoms with Crippen LogP contribution in [0.4, 0.5) is 0 Å². The zero-order chi connectivity index (χ0) is 18.4. The van der Waals surface area contributed by atoms with Crippen LogP contribution in [-0.4, -0.2) is 61.6 Å². The van der Waals surface area contributed by atoms with E-state index in [1.54, 1.807) is 25.1 Å². The third-order valence-corrected chi connectivity index (χ3v) is 6.54. The molecule has 138 valence electrons. The van der Waals surface area contributed by atoms with Gasteiger partial charge in [-0.25, -0.2) is 8.42 Å². The minimum absolute atomic E-state index is 0.0477. The maximum Gasteiger partial charge on any atom is 0.317 e. The van der Waals surface area contributed by atoms with E-state index in [-0.39, 0.29) is 23.3 Å². The fourth-order valence-electron chi connectivity index (χ4n) is 2.58. The fraction of sp³-hybridized carbons (Fsp3) is 0.533. The zero-order valence-corrected chi connectivity index (χ0v) is 15.4. The highest BCUT2D eigenvalue weighted by atomic mass is 32.2. The number of amides is 1. The number of aromatic nitrogens is 1. The molecule has 1 atom stereocenters. The number of likely N-dealkylation sites (N-methyl/N-ethyl adjacent to an activating group) is 1. The van der Waals surface area contributed by atoms with Crippen molar-refractivity contribution in [3.05, 3.63) is 29.6 Å². The van der Waals surface area contributed by atoms with Crippen LogP contribution in [0, 0.1) is 5.21 Å². The number of carbonyl (C=O) groups excluding carboxylic acids is 2. The van der Waals surface area contributed by atoms with Gasteiger partial charge in [-0.2, -0.15) is 4.73 Å². The van der Waals surface area contributed by atoms with Crippen molar-refractivity contribution in [2.24, 2.45) is 0 Å². The number of ether oxygens (including phenoxy) is 1. The van der Waals surface area contributed by atoms with Gasteiger partial charge in [0.25, 0.3) is 10.9 Å². The Hall–Kier alpha value is -1.81.